The molecule has 0 aliphatic heterocycles. The van der Waals surface area contributed by atoms with Gasteiger partial charge >= 0.3 is 0 Å². The second-order valence-electron chi connectivity index (χ2n) is 7.84. The third-order valence-corrected chi connectivity index (χ3v) is 5.59. The number of hydrogen-bond donors (Lipinski definition) is 1. The van der Waals surface area contributed by atoms with E-state index < -0.39 is 5.82 Å². The minimum Gasteiger partial charge on any atom is -0.349 e. The van der Waals surface area contributed by atoms with Gasteiger partial charge in [-0.15, -0.1) is 0 Å². The van der Waals surface area contributed by atoms with Gasteiger partial charge in [-0.2, -0.15) is 0 Å². The van der Waals surface area contributed by atoms with Crippen LogP contribution < -0.4 is 10.2 Å². The predicted octanol–water partition coefficient (Wildman–Crippen LogP) is 3.87. The van der Waals surface area contributed by atoms with Crippen molar-refractivity contribution in [3.8, 4) is 0 Å². The second kappa shape index (κ2) is 7.34. The van der Waals surface area contributed by atoms with Crippen LogP contribution in [0.1, 0.15) is 58.9 Å². The van der Waals surface area contributed by atoms with Crippen LogP contribution in [-0.2, 0) is 0 Å². The summed E-state index contributed by atoms with van der Waals surface area (Å²) >= 11 is 0. The summed E-state index contributed by atoms with van der Waals surface area (Å²) in [5.41, 5.74) is 1.52. The Kier molecular flexibility index (Phi) is 4.87. The van der Waals surface area contributed by atoms with E-state index in [0.717, 1.165) is 25.7 Å². The van der Waals surface area contributed by atoms with Crippen molar-refractivity contribution in [1.29, 1.82) is 0 Å². The first-order chi connectivity index (χ1) is 13.5. The third-order valence-electron chi connectivity index (χ3n) is 5.59. The van der Waals surface area contributed by atoms with Gasteiger partial charge in [0.15, 0.2) is 0 Å². The number of amides is 2. The molecule has 2 aliphatic rings. The van der Waals surface area contributed by atoms with E-state index >= 15 is 0 Å². The Morgan fingerprint density at radius 2 is 1.96 bits per heavy atom. The molecule has 0 bridgehead atoms. The number of carbonyl (C=O) groups excluding carboxylic acids is 2. The highest BCUT2D eigenvalue weighted by atomic mass is 19.1. The van der Waals surface area contributed by atoms with Gasteiger partial charge in [0.1, 0.15) is 5.82 Å². The summed E-state index contributed by atoms with van der Waals surface area (Å²) in [6.45, 7) is 3.64. The smallest absolute Gasteiger partial charge is 0.260 e. The Hall–Kier alpha value is -2.76. The maximum absolute atomic E-state index is 14.7. The van der Waals surface area contributed by atoms with E-state index in [2.05, 4.69) is 10.3 Å². The minimum absolute atomic E-state index is 0.0902. The zero-order chi connectivity index (χ0) is 19.8. The lowest BCUT2D eigenvalue weighted by atomic mass is 10.0. The van der Waals surface area contributed by atoms with Crippen LogP contribution >= 0.6 is 0 Å². The molecule has 2 aromatic rings. The average molecular weight is 381 g/mol. The summed E-state index contributed by atoms with van der Waals surface area (Å²) in [6.07, 6.45) is 7.13. The largest absolute Gasteiger partial charge is 0.349 e. The number of anilines is 1. The van der Waals surface area contributed by atoms with Gasteiger partial charge in [-0.3, -0.25) is 14.6 Å². The Bertz CT molecular complexity index is 907. The van der Waals surface area contributed by atoms with E-state index in [1.807, 2.05) is 6.92 Å². The van der Waals surface area contributed by atoms with Crippen LogP contribution in [0.15, 0.2) is 36.7 Å². The molecule has 1 N–H and O–H groups in total. The molecule has 5 nitrogen and oxygen atoms in total. The van der Waals surface area contributed by atoms with Gasteiger partial charge < -0.3 is 10.2 Å². The van der Waals surface area contributed by atoms with Crippen LogP contribution in [-0.4, -0.2) is 28.9 Å². The molecule has 0 spiro atoms. The molecule has 146 valence electrons. The van der Waals surface area contributed by atoms with Crippen LogP contribution in [0.2, 0.25) is 0 Å². The molecule has 28 heavy (non-hydrogen) atoms. The Morgan fingerprint density at radius 3 is 2.57 bits per heavy atom. The molecule has 6 heteroatoms. The van der Waals surface area contributed by atoms with Gasteiger partial charge in [-0.1, -0.05) is 0 Å². The van der Waals surface area contributed by atoms with E-state index in [1.54, 1.807) is 36.2 Å². The first-order valence-corrected chi connectivity index (χ1v) is 9.80. The van der Waals surface area contributed by atoms with E-state index in [9.17, 15) is 14.0 Å². The monoisotopic (exact) mass is 381 g/mol. The van der Waals surface area contributed by atoms with Gasteiger partial charge in [0.05, 0.1) is 11.3 Å². The maximum Gasteiger partial charge on any atom is 0.260 e. The topological polar surface area (TPSA) is 62.3 Å². The Morgan fingerprint density at radius 1 is 1.21 bits per heavy atom. The normalized spacial score (nSPS) is 17.1. The standard InChI is InChI=1S/C22H24FN3O2/c1-13-19(23)10-17(21(27)25-18-7-8-18)11-20(13)26(14(2)15-5-6-15)22(28)16-4-3-9-24-12-16/h3-4,9-12,14-15,18H,5-8H2,1-2H3,(H,25,27). The summed E-state index contributed by atoms with van der Waals surface area (Å²) in [5.74, 6) is -0.622. The number of benzene rings is 1. The molecular weight excluding hydrogens is 357 g/mol. The molecule has 2 saturated carbocycles. The summed E-state index contributed by atoms with van der Waals surface area (Å²) in [6, 6.07) is 6.40. The lowest BCUT2D eigenvalue weighted by molar-refractivity contribution is 0.0946. The molecule has 1 heterocycles. The fourth-order valence-electron chi connectivity index (χ4n) is 3.47. The van der Waals surface area contributed by atoms with Crippen molar-refractivity contribution in [2.24, 2.45) is 5.92 Å². The van der Waals surface area contributed by atoms with Gasteiger partial charge in [0.2, 0.25) is 0 Å². The van der Waals surface area contributed by atoms with Gasteiger partial charge in [-0.05, 0) is 69.7 Å². The van der Waals surface area contributed by atoms with Gasteiger partial charge in [-0.25, -0.2) is 4.39 Å². The van der Waals surface area contributed by atoms with Crippen molar-refractivity contribution in [2.45, 2.75) is 51.6 Å². The predicted molar refractivity (Wildman–Crippen MR) is 105 cm³/mol. The van der Waals surface area contributed by atoms with Crippen LogP contribution in [0.3, 0.4) is 0 Å². The maximum atomic E-state index is 14.7. The molecule has 0 saturated heterocycles. The molecule has 0 radical (unpaired) electrons. The Labute approximate surface area is 164 Å². The number of aromatic nitrogens is 1. The lowest BCUT2D eigenvalue weighted by Gasteiger charge is -2.31. The third kappa shape index (κ3) is 3.77. The SMILES string of the molecule is Cc1c(F)cc(C(=O)NC2CC2)cc1N(C(=O)c1cccnc1)C(C)C1CC1. The van der Waals surface area contributed by atoms with Gasteiger partial charge in [0, 0.05) is 35.6 Å². The van der Waals surface area contributed by atoms with Crippen LogP contribution in [0.25, 0.3) is 0 Å². The lowest BCUT2D eigenvalue weighted by Crippen LogP contribution is -2.41. The number of rotatable bonds is 6. The van der Waals surface area contributed by atoms with Crippen molar-refractivity contribution in [3.63, 3.8) is 0 Å². The van der Waals surface area contributed by atoms with E-state index in [0.29, 0.717) is 22.7 Å². The molecule has 4 rings (SSSR count). The molecule has 1 unspecified atom stereocenters. The van der Waals surface area contributed by atoms with Gasteiger partial charge in [0.25, 0.3) is 11.8 Å². The first-order valence-electron chi connectivity index (χ1n) is 9.80. The highest BCUT2D eigenvalue weighted by Crippen LogP contribution is 2.39. The zero-order valence-electron chi connectivity index (χ0n) is 16.1. The van der Waals surface area contributed by atoms with Crippen LogP contribution in [0.5, 0.6) is 0 Å². The summed E-state index contributed by atoms with van der Waals surface area (Å²) in [4.78, 5) is 31.5. The fourth-order valence-corrected chi connectivity index (χ4v) is 3.47. The summed E-state index contributed by atoms with van der Waals surface area (Å²) in [7, 11) is 0. The summed E-state index contributed by atoms with van der Waals surface area (Å²) in [5, 5.41) is 2.89. The van der Waals surface area contributed by atoms with Crippen molar-refractivity contribution in [1.82, 2.24) is 10.3 Å². The number of pyridine rings is 1. The van der Waals surface area contributed by atoms with Crippen LogP contribution in [0.4, 0.5) is 10.1 Å². The average Bonchev–Trinajstić information content (AvgIpc) is 3.59. The highest BCUT2D eigenvalue weighted by molar-refractivity contribution is 6.07. The van der Waals surface area contributed by atoms with Crippen molar-refractivity contribution >= 4 is 17.5 Å². The quantitative estimate of drug-likeness (QED) is 0.826. The van der Waals surface area contributed by atoms with Crippen molar-refractivity contribution in [3.05, 3.63) is 59.2 Å². The first kappa shape index (κ1) is 18.6. The van der Waals surface area contributed by atoms with Crippen molar-refractivity contribution < 1.29 is 14.0 Å². The van der Waals surface area contributed by atoms with Crippen LogP contribution in [0, 0.1) is 18.7 Å². The molecule has 1 aromatic heterocycles. The van der Waals surface area contributed by atoms with Crippen molar-refractivity contribution in [2.75, 3.05) is 4.90 Å². The van der Waals surface area contributed by atoms with E-state index in [4.69, 9.17) is 0 Å². The molecule has 2 aliphatic carbocycles. The fraction of sp³-hybridized carbons (Fsp3) is 0.409. The molecule has 2 amide bonds. The number of nitrogens with zero attached hydrogens (tertiary/aromatic N) is 2. The number of nitrogens with one attached hydrogen (secondary N) is 1. The molecular formula is C22H24FN3O2. The highest BCUT2D eigenvalue weighted by Gasteiger charge is 2.37. The summed E-state index contributed by atoms with van der Waals surface area (Å²) < 4.78 is 14.7. The molecule has 2 fully saturated rings. The van der Waals surface area contributed by atoms with E-state index in [-0.39, 0.29) is 29.5 Å². The van der Waals surface area contributed by atoms with E-state index in [1.165, 1.54) is 12.3 Å². The number of hydrogen-bond acceptors (Lipinski definition) is 3. The number of carbonyl (C=O) groups is 2. The zero-order valence-corrected chi connectivity index (χ0v) is 16.1. The Balaban J connectivity index is 1.75. The number of halogens is 1. The molecule has 1 aromatic carbocycles. The second-order valence-corrected chi connectivity index (χ2v) is 7.84. The minimum atomic E-state index is -0.481. The molecule has 1 atom stereocenters.